The zero-order valence-corrected chi connectivity index (χ0v) is 14.8. The third-order valence-electron chi connectivity index (χ3n) is 2.83. The van der Waals surface area contributed by atoms with E-state index in [-0.39, 0.29) is 0 Å². The van der Waals surface area contributed by atoms with E-state index in [9.17, 15) is 0 Å². The molecule has 0 bridgehead atoms. The number of halogens is 1. The van der Waals surface area contributed by atoms with E-state index in [0.29, 0.717) is 0 Å². The fourth-order valence-electron chi connectivity index (χ4n) is 1.84. The Morgan fingerprint density at radius 1 is 1.14 bits per heavy atom. The molecular weight excluding hydrogens is 346 g/mol. The molecular formula is C16H20BrN3S. The Balaban J connectivity index is 2.24. The number of hydrogen-bond acceptors (Lipinski definition) is 4. The first-order valence-electron chi connectivity index (χ1n) is 7.27. The molecule has 0 saturated carbocycles. The molecule has 0 spiro atoms. The Labute approximate surface area is 139 Å². The number of hydrogen-bond donors (Lipinski definition) is 1. The Bertz CT molecular complexity index is 589. The third-order valence-corrected chi connectivity index (χ3v) is 4.78. The molecule has 0 aliphatic rings. The average Bonchev–Trinajstić information content (AvgIpc) is 2.48. The van der Waals surface area contributed by atoms with Gasteiger partial charge in [-0.25, -0.2) is 9.97 Å². The molecule has 0 saturated heterocycles. The highest BCUT2D eigenvalue weighted by Gasteiger charge is 2.07. The van der Waals surface area contributed by atoms with Gasteiger partial charge in [0.2, 0.25) is 0 Å². The van der Waals surface area contributed by atoms with Crippen LogP contribution in [0, 0.1) is 0 Å². The van der Waals surface area contributed by atoms with Gasteiger partial charge in [-0.3, -0.25) is 0 Å². The van der Waals surface area contributed by atoms with Crippen molar-refractivity contribution in [2.24, 2.45) is 0 Å². The van der Waals surface area contributed by atoms with Gasteiger partial charge in [0.05, 0.1) is 0 Å². The predicted molar refractivity (Wildman–Crippen MR) is 93.1 cm³/mol. The van der Waals surface area contributed by atoms with Gasteiger partial charge in [0, 0.05) is 28.4 Å². The van der Waals surface area contributed by atoms with E-state index in [1.807, 2.05) is 24.3 Å². The minimum absolute atomic E-state index is 0.908. The van der Waals surface area contributed by atoms with Gasteiger partial charge < -0.3 is 5.32 Å². The summed E-state index contributed by atoms with van der Waals surface area (Å²) < 4.78 is 1.09. The number of benzene rings is 1. The highest BCUT2D eigenvalue weighted by Crippen LogP contribution is 2.33. The lowest BCUT2D eigenvalue weighted by Gasteiger charge is -2.09. The third kappa shape index (κ3) is 5.00. The van der Waals surface area contributed by atoms with Crippen LogP contribution < -0.4 is 5.32 Å². The molecule has 0 atom stereocenters. The van der Waals surface area contributed by atoms with Gasteiger partial charge in [0.1, 0.15) is 16.7 Å². The summed E-state index contributed by atoms with van der Waals surface area (Å²) in [6.07, 6.45) is 3.04. The minimum Gasteiger partial charge on any atom is -0.370 e. The molecule has 0 aliphatic heterocycles. The van der Waals surface area contributed by atoms with E-state index < -0.39 is 0 Å². The van der Waals surface area contributed by atoms with Gasteiger partial charge in [-0.05, 0) is 40.9 Å². The number of aromatic nitrogens is 2. The predicted octanol–water partition coefficient (Wildman–Crippen LogP) is 5.16. The van der Waals surface area contributed by atoms with Crippen LogP contribution in [0.4, 0.5) is 5.82 Å². The van der Waals surface area contributed by atoms with E-state index >= 15 is 0 Å². The van der Waals surface area contributed by atoms with Crippen molar-refractivity contribution in [3.8, 4) is 0 Å². The van der Waals surface area contributed by atoms with Crippen LogP contribution in [0.15, 0.2) is 44.7 Å². The fraction of sp³-hybridized carbons (Fsp3) is 0.375. The van der Waals surface area contributed by atoms with Crippen LogP contribution in [0.5, 0.6) is 0 Å². The van der Waals surface area contributed by atoms with Crippen molar-refractivity contribution in [3.05, 3.63) is 40.6 Å². The van der Waals surface area contributed by atoms with Crippen LogP contribution in [-0.4, -0.2) is 16.5 Å². The maximum Gasteiger partial charge on any atom is 0.132 e. The van der Waals surface area contributed by atoms with Gasteiger partial charge in [0.25, 0.3) is 0 Å². The summed E-state index contributed by atoms with van der Waals surface area (Å²) in [4.78, 5) is 10.4. The van der Waals surface area contributed by atoms with Crippen molar-refractivity contribution < 1.29 is 0 Å². The molecule has 1 heterocycles. The Kier molecular flexibility index (Phi) is 6.51. The molecule has 1 N–H and O–H groups in total. The lowest BCUT2D eigenvalue weighted by Crippen LogP contribution is -2.05. The Hall–Kier alpha value is -1.07. The second-order valence-electron chi connectivity index (χ2n) is 4.72. The number of rotatable bonds is 7. The maximum absolute atomic E-state index is 4.66. The van der Waals surface area contributed by atoms with Crippen molar-refractivity contribution in [2.75, 3.05) is 11.9 Å². The van der Waals surface area contributed by atoms with Crippen molar-refractivity contribution in [1.29, 1.82) is 0 Å². The second-order valence-corrected chi connectivity index (χ2v) is 6.63. The van der Waals surface area contributed by atoms with Gasteiger partial charge in [-0.1, -0.05) is 37.7 Å². The molecule has 2 aromatic rings. The summed E-state index contributed by atoms with van der Waals surface area (Å²) in [7, 11) is 0. The Morgan fingerprint density at radius 2 is 1.95 bits per heavy atom. The molecule has 112 valence electrons. The average molecular weight is 366 g/mol. The Morgan fingerprint density at radius 3 is 2.67 bits per heavy atom. The van der Waals surface area contributed by atoms with Crippen LogP contribution in [0.3, 0.4) is 0 Å². The zero-order valence-electron chi connectivity index (χ0n) is 12.4. The zero-order chi connectivity index (χ0) is 15.1. The molecule has 5 heteroatoms. The molecule has 0 aliphatic carbocycles. The first-order chi connectivity index (χ1) is 10.2. The largest absolute Gasteiger partial charge is 0.370 e. The van der Waals surface area contributed by atoms with Crippen LogP contribution in [0.1, 0.15) is 32.5 Å². The summed E-state index contributed by atoms with van der Waals surface area (Å²) in [5, 5.41) is 4.34. The van der Waals surface area contributed by atoms with Crippen LogP contribution >= 0.6 is 27.7 Å². The van der Waals surface area contributed by atoms with Gasteiger partial charge >= 0.3 is 0 Å². The molecule has 1 aromatic heterocycles. The topological polar surface area (TPSA) is 37.8 Å². The highest BCUT2D eigenvalue weighted by molar-refractivity contribution is 9.10. The molecule has 0 unspecified atom stereocenters. The van der Waals surface area contributed by atoms with E-state index in [4.69, 9.17) is 0 Å². The monoisotopic (exact) mass is 365 g/mol. The summed E-state index contributed by atoms with van der Waals surface area (Å²) in [6, 6.07) is 10.2. The fourth-order valence-corrected chi connectivity index (χ4v) is 3.23. The van der Waals surface area contributed by atoms with Gasteiger partial charge in [0.15, 0.2) is 0 Å². The van der Waals surface area contributed by atoms with Crippen molar-refractivity contribution in [2.45, 2.75) is 43.0 Å². The highest BCUT2D eigenvalue weighted by atomic mass is 79.9. The van der Waals surface area contributed by atoms with Crippen LogP contribution in [-0.2, 0) is 6.42 Å². The van der Waals surface area contributed by atoms with Crippen molar-refractivity contribution >= 4 is 33.5 Å². The summed E-state index contributed by atoms with van der Waals surface area (Å²) in [5.41, 5.74) is 0. The minimum atomic E-state index is 0.908. The first kappa shape index (κ1) is 16.3. The van der Waals surface area contributed by atoms with Gasteiger partial charge in [-0.15, -0.1) is 0 Å². The standard InChI is InChI=1S/C16H20BrN3S/c1-3-7-14-19-15(18-10-4-2)11-16(20-14)21-13-9-6-5-8-12(13)17/h5-6,8-9,11H,3-4,7,10H2,1-2H3,(H,18,19,20). The van der Waals surface area contributed by atoms with E-state index in [1.54, 1.807) is 11.8 Å². The number of nitrogens with zero attached hydrogens (tertiary/aromatic N) is 2. The number of anilines is 1. The quantitative estimate of drug-likeness (QED) is 0.687. The molecule has 0 radical (unpaired) electrons. The maximum atomic E-state index is 4.66. The molecule has 1 aromatic carbocycles. The van der Waals surface area contributed by atoms with Gasteiger partial charge in [-0.2, -0.15) is 0 Å². The summed E-state index contributed by atoms with van der Waals surface area (Å²) in [5.74, 6) is 1.83. The lowest BCUT2D eigenvalue weighted by molar-refractivity contribution is 0.807. The molecule has 21 heavy (non-hydrogen) atoms. The lowest BCUT2D eigenvalue weighted by atomic mass is 10.3. The first-order valence-corrected chi connectivity index (χ1v) is 8.88. The number of aryl methyl sites for hydroxylation is 1. The second kappa shape index (κ2) is 8.39. The summed E-state index contributed by atoms with van der Waals surface area (Å²) in [6.45, 7) is 5.23. The molecule has 0 amide bonds. The number of nitrogens with one attached hydrogen (secondary N) is 1. The van der Waals surface area contributed by atoms with E-state index in [1.165, 1.54) is 4.90 Å². The van der Waals surface area contributed by atoms with Crippen molar-refractivity contribution in [1.82, 2.24) is 9.97 Å². The normalized spacial score (nSPS) is 10.6. The van der Waals surface area contributed by atoms with E-state index in [2.05, 4.69) is 51.1 Å². The SMILES string of the molecule is CCCNc1cc(Sc2ccccc2Br)nc(CCC)n1. The summed E-state index contributed by atoms with van der Waals surface area (Å²) >= 11 is 5.25. The smallest absolute Gasteiger partial charge is 0.132 e. The molecule has 2 rings (SSSR count). The van der Waals surface area contributed by atoms with Crippen LogP contribution in [0.2, 0.25) is 0 Å². The van der Waals surface area contributed by atoms with Crippen LogP contribution in [0.25, 0.3) is 0 Å². The van der Waals surface area contributed by atoms with Crippen molar-refractivity contribution in [3.63, 3.8) is 0 Å². The molecule has 0 fully saturated rings. The molecule has 3 nitrogen and oxygen atoms in total. The van der Waals surface area contributed by atoms with E-state index in [0.717, 1.165) is 46.9 Å².